The molecule has 0 radical (unpaired) electrons. The summed E-state index contributed by atoms with van der Waals surface area (Å²) in [5.41, 5.74) is 0. The van der Waals surface area contributed by atoms with Crippen molar-refractivity contribution in [2.45, 2.75) is 97.8 Å². The molecule has 0 aliphatic rings. The van der Waals surface area contributed by atoms with Crippen molar-refractivity contribution in [2.75, 3.05) is 13.1 Å². The Kier molecular flexibility index (Phi) is 16.0. The minimum Gasteiger partial charge on any atom is -0.343 e. The first-order chi connectivity index (χ1) is 10.8. The maximum atomic E-state index is 12.3. The molecule has 0 saturated carbocycles. The van der Waals surface area contributed by atoms with Crippen LogP contribution in [0.5, 0.6) is 0 Å². The van der Waals surface area contributed by atoms with Crippen LogP contribution in [0.1, 0.15) is 97.8 Å². The van der Waals surface area contributed by atoms with Crippen molar-refractivity contribution in [3.8, 4) is 0 Å². The van der Waals surface area contributed by atoms with E-state index in [-0.39, 0.29) is 0 Å². The van der Waals surface area contributed by atoms with Crippen LogP contribution in [-0.2, 0) is 4.79 Å². The lowest BCUT2D eigenvalue weighted by molar-refractivity contribution is -0.131. The third-order valence-corrected chi connectivity index (χ3v) is 4.07. The van der Waals surface area contributed by atoms with E-state index < -0.39 is 0 Å². The van der Waals surface area contributed by atoms with E-state index in [1.807, 2.05) is 0 Å². The quantitative estimate of drug-likeness (QED) is 0.264. The number of allylic oxidation sites excluding steroid dienone is 2. The SMILES string of the molecule is CCCCCC=CCCCCC(=O)N(CCCC)CCCC. The molecule has 0 aliphatic carbocycles. The van der Waals surface area contributed by atoms with E-state index in [1.165, 1.54) is 38.5 Å². The highest BCUT2D eigenvalue weighted by molar-refractivity contribution is 5.76. The molecule has 0 spiro atoms. The van der Waals surface area contributed by atoms with Gasteiger partial charge in [-0.25, -0.2) is 0 Å². The Labute approximate surface area is 139 Å². The van der Waals surface area contributed by atoms with Crippen LogP contribution in [0.4, 0.5) is 0 Å². The van der Waals surface area contributed by atoms with Gasteiger partial charge < -0.3 is 4.90 Å². The molecule has 22 heavy (non-hydrogen) atoms. The number of amides is 1. The molecule has 0 aliphatic heterocycles. The molecule has 0 aromatic carbocycles. The van der Waals surface area contributed by atoms with Crippen molar-refractivity contribution in [3.63, 3.8) is 0 Å². The Balaban J connectivity index is 3.74. The first-order valence-electron chi connectivity index (χ1n) is 9.68. The van der Waals surface area contributed by atoms with Crippen molar-refractivity contribution in [1.82, 2.24) is 4.90 Å². The lowest BCUT2D eigenvalue weighted by atomic mass is 10.1. The standard InChI is InChI=1S/C20H39NO/c1-4-7-10-11-12-13-14-15-16-17-20(22)21(18-8-5-2)19-9-6-3/h12-13H,4-11,14-19H2,1-3H3. The third kappa shape index (κ3) is 12.9. The molecular formula is C20H39NO. The van der Waals surface area contributed by atoms with Crippen LogP contribution < -0.4 is 0 Å². The maximum absolute atomic E-state index is 12.3. The number of carbonyl (C=O) groups excluding carboxylic acids is 1. The summed E-state index contributed by atoms with van der Waals surface area (Å²) in [6.45, 7) is 8.52. The number of unbranched alkanes of at least 4 members (excludes halogenated alkanes) is 7. The van der Waals surface area contributed by atoms with Gasteiger partial charge in [0.1, 0.15) is 0 Å². The molecule has 0 N–H and O–H groups in total. The zero-order chi connectivity index (χ0) is 16.5. The number of hydrogen-bond acceptors (Lipinski definition) is 1. The fraction of sp³-hybridized carbons (Fsp3) is 0.850. The minimum absolute atomic E-state index is 0.369. The minimum atomic E-state index is 0.369. The van der Waals surface area contributed by atoms with Crippen molar-refractivity contribution >= 4 is 5.91 Å². The van der Waals surface area contributed by atoms with Crippen molar-refractivity contribution in [3.05, 3.63) is 12.2 Å². The summed E-state index contributed by atoms with van der Waals surface area (Å²) in [7, 11) is 0. The fourth-order valence-corrected chi connectivity index (χ4v) is 2.50. The summed E-state index contributed by atoms with van der Waals surface area (Å²) in [6, 6.07) is 0. The van der Waals surface area contributed by atoms with E-state index in [0.717, 1.165) is 51.6 Å². The molecule has 2 nitrogen and oxygen atoms in total. The van der Waals surface area contributed by atoms with E-state index in [1.54, 1.807) is 0 Å². The summed E-state index contributed by atoms with van der Waals surface area (Å²) >= 11 is 0. The van der Waals surface area contributed by atoms with Crippen LogP contribution >= 0.6 is 0 Å². The first kappa shape index (κ1) is 21.2. The summed E-state index contributed by atoms with van der Waals surface area (Å²) in [5.74, 6) is 0.369. The third-order valence-electron chi connectivity index (χ3n) is 4.07. The monoisotopic (exact) mass is 309 g/mol. The highest BCUT2D eigenvalue weighted by Crippen LogP contribution is 2.08. The average Bonchev–Trinajstić information content (AvgIpc) is 2.53. The second-order valence-electron chi connectivity index (χ2n) is 6.30. The van der Waals surface area contributed by atoms with Gasteiger partial charge in [0.2, 0.25) is 5.91 Å². The largest absolute Gasteiger partial charge is 0.343 e. The van der Waals surface area contributed by atoms with Gasteiger partial charge in [0.05, 0.1) is 0 Å². The molecule has 0 rings (SSSR count). The summed E-state index contributed by atoms with van der Waals surface area (Å²) in [5, 5.41) is 0. The fourth-order valence-electron chi connectivity index (χ4n) is 2.50. The van der Waals surface area contributed by atoms with E-state index in [0.29, 0.717) is 5.91 Å². The zero-order valence-corrected chi connectivity index (χ0v) is 15.4. The maximum Gasteiger partial charge on any atom is 0.222 e. The van der Waals surface area contributed by atoms with E-state index in [2.05, 4.69) is 37.8 Å². The Morgan fingerprint density at radius 3 is 1.73 bits per heavy atom. The average molecular weight is 310 g/mol. The molecule has 0 saturated heterocycles. The second kappa shape index (κ2) is 16.6. The first-order valence-corrected chi connectivity index (χ1v) is 9.68. The Morgan fingerprint density at radius 2 is 1.23 bits per heavy atom. The molecule has 2 heteroatoms. The Hall–Kier alpha value is -0.790. The molecule has 0 heterocycles. The normalized spacial score (nSPS) is 11.2. The smallest absolute Gasteiger partial charge is 0.222 e. The lowest BCUT2D eigenvalue weighted by Gasteiger charge is -2.22. The van der Waals surface area contributed by atoms with Crippen molar-refractivity contribution in [2.24, 2.45) is 0 Å². The topological polar surface area (TPSA) is 20.3 Å². The molecule has 0 atom stereocenters. The molecule has 0 aromatic rings. The molecule has 0 aromatic heterocycles. The van der Waals surface area contributed by atoms with Crippen molar-refractivity contribution in [1.29, 1.82) is 0 Å². The molecule has 0 unspecified atom stereocenters. The Morgan fingerprint density at radius 1 is 0.727 bits per heavy atom. The van der Waals surface area contributed by atoms with Gasteiger partial charge in [0, 0.05) is 19.5 Å². The summed E-state index contributed by atoms with van der Waals surface area (Å²) in [6.07, 6.45) is 18.4. The van der Waals surface area contributed by atoms with Crippen LogP contribution in [0, 0.1) is 0 Å². The molecular weight excluding hydrogens is 270 g/mol. The van der Waals surface area contributed by atoms with Crippen molar-refractivity contribution < 1.29 is 4.79 Å². The number of hydrogen-bond donors (Lipinski definition) is 0. The van der Waals surface area contributed by atoms with E-state index in [4.69, 9.17) is 0 Å². The van der Waals surface area contributed by atoms with E-state index >= 15 is 0 Å². The van der Waals surface area contributed by atoms with Gasteiger partial charge in [-0.1, -0.05) is 58.6 Å². The van der Waals surface area contributed by atoms with Gasteiger partial charge in [-0.15, -0.1) is 0 Å². The lowest BCUT2D eigenvalue weighted by Crippen LogP contribution is -2.32. The van der Waals surface area contributed by atoms with Crippen LogP contribution in [0.25, 0.3) is 0 Å². The van der Waals surface area contributed by atoms with Gasteiger partial charge in [-0.2, -0.15) is 0 Å². The van der Waals surface area contributed by atoms with Crippen LogP contribution in [0.3, 0.4) is 0 Å². The van der Waals surface area contributed by atoms with E-state index in [9.17, 15) is 4.79 Å². The predicted octanol–water partition coefficient (Wildman–Crippen LogP) is 6.11. The van der Waals surface area contributed by atoms with Crippen LogP contribution in [0.15, 0.2) is 12.2 Å². The molecule has 130 valence electrons. The van der Waals surface area contributed by atoms with Gasteiger partial charge >= 0.3 is 0 Å². The predicted molar refractivity (Wildman–Crippen MR) is 98.1 cm³/mol. The van der Waals surface area contributed by atoms with Gasteiger partial charge in [-0.3, -0.25) is 4.79 Å². The summed E-state index contributed by atoms with van der Waals surface area (Å²) < 4.78 is 0. The zero-order valence-electron chi connectivity index (χ0n) is 15.4. The molecule has 1 amide bonds. The van der Waals surface area contributed by atoms with Gasteiger partial charge in [-0.05, 0) is 44.9 Å². The number of nitrogens with zero attached hydrogens (tertiary/aromatic N) is 1. The summed E-state index contributed by atoms with van der Waals surface area (Å²) in [4.78, 5) is 14.4. The molecule has 0 fully saturated rings. The van der Waals surface area contributed by atoms with Crippen LogP contribution in [-0.4, -0.2) is 23.9 Å². The Bertz CT molecular complexity index is 265. The molecule has 0 bridgehead atoms. The highest BCUT2D eigenvalue weighted by Gasteiger charge is 2.11. The highest BCUT2D eigenvalue weighted by atomic mass is 16.2. The number of rotatable bonds is 15. The van der Waals surface area contributed by atoms with Gasteiger partial charge in [0.15, 0.2) is 0 Å². The second-order valence-corrected chi connectivity index (χ2v) is 6.30. The van der Waals surface area contributed by atoms with Gasteiger partial charge in [0.25, 0.3) is 0 Å². The number of carbonyl (C=O) groups is 1. The van der Waals surface area contributed by atoms with Crippen LogP contribution in [0.2, 0.25) is 0 Å².